The van der Waals surface area contributed by atoms with Crippen LogP contribution >= 0.6 is 11.3 Å². The van der Waals surface area contributed by atoms with E-state index in [4.69, 9.17) is 4.74 Å². The van der Waals surface area contributed by atoms with E-state index in [1.165, 1.54) is 6.07 Å². The summed E-state index contributed by atoms with van der Waals surface area (Å²) >= 11 is 1.57. The largest absolute Gasteiger partial charge is 0.484 e. The molecule has 2 aromatic rings. The van der Waals surface area contributed by atoms with Gasteiger partial charge in [0.15, 0.2) is 11.6 Å². The van der Waals surface area contributed by atoms with Crippen molar-refractivity contribution >= 4 is 11.3 Å². The monoisotopic (exact) mass is 308 g/mol. The Bertz CT molecular complexity index is 583. The number of hydrogen-bond acceptors (Lipinski definition) is 4. The maximum atomic E-state index is 14.0. The molecule has 0 saturated heterocycles. The predicted molar refractivity (Wildman–Crippen MR) is 84.1 cm³/mol. The molecule has 0 amide bonds. The molecule has 0 spiro atoms. The second kappa shape index (κ2) is 7.52. The zero-order chi connectivity index (χ0) is 15.2. The number of nitrogens with one attached hydrogen (secondary N) is 1. The van der Waals surface area contributed by atoms with Gasteiger partial charge in [-0.05, 0) is 25.5 Å². The van der Waals surface area contributed by atoms with Gasteiger partial charge in [-0.3, -0.25) is 0 Å². The molecule has 114 valence electrons. The van der Waals surface area contributed by atoms with Crippen molar-refractivity contribution in [1.82, 2.24) is 10.3 Å². The van der Waals surface area contributed by atoms with Gasteiger partial charge in [-0.2, -0.15) is 0 Å². The highest BCUT2D eigenvalue weighted by Crippen LogP contribution is 2.24. The number of rotatable bonds is 7. The lowest BCUT2D eigenvalue weighted by molar-refractivity contribution is 0.282. The third-order valence-electron chi connectivity index (χ3n) is 2.95. The Kier molecular flexibility index (Phi) is 5.70. The van der Waals surface area contributed by atoms with Crippen LogP contribution in [-0.2, 0) is 13.2 Å². The fourth-order valence-corrected chi connectivity index (χ4v) is 2.57. The lowest BCUT2D eigenvalue weighted by Gasteiger charge is -2.13. The Labute approximate surface area is 129 Å². The summed E-state index contributed by atoms with van der Waals surface area (Å²) in [5, 5.41) is 6.24. The number of aryl methyl sites for hydroxylation is 1. The van der Waals surface area contributed by atoms with Gasteiger partial charge in [0.1, 0.15) is 6.61 Å². The lowest BCUT2D eigenvalue weighted by Crippen LogP contribution is -2.19. The van der Waals surface area contributed by atoms with Crippen molar-refractivity contribution in [2.24, 2.45) is 5.92 Å². The zero-order valence-electron chi connectivity index (χ0n) is 12.6. The van der Waals surface area contributed by atoms with Crippen molar-refractivity contribution in [3.8, 4) is 5.75 Å². The fourth-order valence-electron chi connectivity index (χ4n) is 1.97. The molecule has 1 N–H and O–H groups in total. The first-order valence-electron chi connectivity index (χ1n) is 7.08. The average Bonchev–Trinajstić information content (AvgIpc) is 2.83. The van der Waals surface area contributed by atoms with Gasteiger partial charge < -0.3 is 10.1 Å². The summed E-state index contributed by atoms with van der Waals surface area (Å²) in [7, 11) is 0. The van der Waals surface area contributed by atoms with Gasteiger partial charge in [-0.25, -0.2) is 9.37 Å². The summed E-state index contributed by atoms with van der Waals surface area (Å²) in [5.74, 6) is 0.547. The second-order valence-electron chi connectivity index (χ2n) is 5.40. The topological polar surface area (TPSA) is 34.1 Å². The molecule has 1 aromatic carbocycles. The Morgan fingerprint density at radius 1 is 1.38 bits per heavy atom. The van der Waals surface area contributed by atoms with Crippen LogP contribution in [0.25, 0.3) is 0 Å². The number of aromatic nitrogens is 1. The zero-order valence-corrected chi connectivity index (χ0v) is 13.5. The molecule has 1 aromatic heterocycles. The molecule has 1 heterocycles. The van der Waals surface area contributed by atoms with E-state index < -0.39 is 0 Å². The predicted octanol–water partition coefficient (Wildman–Crippen LogP) is 3.92. The molecule has 5 heteroatoms. The highest BCUT2D eigenvalue weighted by molar-refractivity contribution is 7.09. The van der Waals surface area contributed by atoms with E-state index in [1.54, 1.807) is 17.4 Å². The van der Waals surface area contributed by atoms with Gasteiger partial charge in [0, 0.05) is 17.5 Å². The molecular formula is C16H21FN2OS. The summed E-state index contributed by atoms with van der Waals surface area (Å²) in [6.45, 7) is 8.00. The molecular weight excluding hydrogens is 287 g/mol. The molecule has 2 rings (SSSR count). The Hall–Kier alpha value is -1.46. The Morgan fingerprint density at radius 3 is 2.86 bits per heavy atom. The first-order chi connectivity index (χ1) is 10.1. The lowest BCUT2D eigenvalue weighted by atomic mass is 10.1. The fraction of sp³-hybridized carbons (Fsp3) is 0.438. The maximum absolute atomic E-state index is 14.0. The molecule has 21 heavy (non-hydrogen) atoms. The van der Waals surface area contributed by atoms with Crippen molar-refractivity contribution in [2.45, 2.75) is 33.9 Å². The quantitative estimate of drug-likeness (QED) is 0.842. The highest BCUT2D eigenvalue weighted by Gasteiger charge is 2.11. The van der Waals surface area contributed by atoms with Crippen molar-refractivity contribution in [2.75, 3.05) is 6.54 Å². The average molecular weight is 308 g/mol. The third-order valence-corrected chi connectivity index (χ3v) is 3.77. The molecule has 3 nitrogen and oxygen atoms in total. The first-order valence-corrected chi connectivity index (χ1v) is 7.96. The van der Waals surface area contributed by atoms with E-state index in [1.807, 2.05) is 18.4 Å². The van der Waals surface area contributed by atoms with Gasteiger partial charge in [0.25, 0.3) is 0 Å². The van der Waals surface area contributed by atoms with Gasteiger partial charge in [-0.1, -0.05) is 26.0 Å². The molecule has 0 saturated carbocycles. The van der Waals surface area contributed by atoms with Crippen LogP contribution in [0.4, 0.5) is 4.39 Å². The Morgan fingerprint density at radius 2 is 2.19 bits per heavy atom. The van der Waals surface area contributed by atoms with Gasteiger partial charge in [0.05, 0.1) is 10.7 Å². The number of thiazole rings is 1. The van der Waals surface area contributed by atoms with Crippen LogP contribution in [0.5, 0.6) is 5.75 Å². The van der Waals surface area contributed by atoms with E-state index in [0.717, 1.165) is 22.8 Å². The van der Waals surface area contributed by atoms with E-state index in [0.29, 0.717) is 24.8 Å². The number of nitrogens with zero attached hydrogens (tertiary/aromatic N) is 1. The highest BCUT2D eigenvalue weighted by atomic mass is 32.1. The summed E-state index contributed by atoms with van der Waals surface area (Å²) in [5.41, 5.74) is 1.67. The molecule has 0 atom stereocenters. The van der Waals surface area contributed by atoms with Crippen molar-refractivity contribution in [3.63, 3.8) is 0 Å². The smallest absolute Gasteiger partial charge is 0.165 e. The van der Waals surface area contributed by atoms with Crippen LogP contribution in [-0.4, -0.2) is 11.5 Å². The molecule has 0 bridgehead atoms. The number of hydrogen-bond donors (Lipinski definition) is 1. The number of ether oxygens (including phenoxy) is 1. The standard InChI is InChI=1S/C16H21FN2OS/c1-11(2)7-18-8-13-5-4-6-15(17)16(13)20-9-14-10-21-12(3)19-14/h4-6,10-11,18H,7-9H2,1-3H3. The molecule has 0 aliphatic heterocycles. The third kappa shape index (κ3) is 4.79. The molecule has 0 aliphatic rings. The van der Waals surface area contributed by atoms with Gasteiger partial charge in [0.2, 0.25) is 0 Å². The van der Waals surface area contributed by atoms with Crippen LogP contribution in [0.3, 0.4) is 0 Å². The molecule has 0 aliphatic carbocycles. The Balaban J connectivity index is 2.02. The SMILES string of the molecule is Cc1nc(COc2c(F)cccc2CNCC(C)C)cs1. The first kappa shape index (κ1) is 15.9. The van der Waals surface area contributed by atoms with Crippen LogP contribution in [0.2, 0.25) is 0 Å². The van der Waals surface area contributed by atoms with Crippen LogP contribution in [0.1, 0.15) is 30.1 Å². The van der Waals surface area contributed by atoms with E-state index >= 15 is 0 Å². The van der Waals surface area contributed by atoms with Crippen molar-refractivity contribution in [1.29, 1.82) is 0 Å². The van der Waals surface area contributed by atoms with Gasteiger partial charge in [-0.15, -0.1) is 11.3 Å². The van der Waals surface area contributed by atoms with Gasteiger partial charge >= 0.3 is 0 Å². The van der Waals surface area contributed by atoms with Crippen LogP contribution < -0.4 is 10.1 Å². The number of halogens is 1. The summed E-state index contributed by atoms with van der Waals surface area (Å²) in [4.78, 5) is 4.33. The van der Waals surface area contributed by atoms with E-state index in [9.17, 15) is 4.39 Å². The summed E-state index contributed by atoms with van der Waals surface area (Å²) in [6.07, 6.45) is 0. The normalized spacial score (nSPS) is 11.1. The molecule has 0 unspecified atom stereocenters. The number of para-hydroxylation sites is 1. The van der Waals surface area contributed by atoms with Crippen LogP contribution in [0.15, 0.2) is 23.6 Å². The molecule has 0 radical (unpaired) electrons. The van der Waals surface area contributed by atoms with Crippen molar-refractivity contribution in [3.05, 3.63) is 45.7 Å². The van der Waals surface area contributed by atoms with E-state index in [-0.39, 0.29) is 5.82 Å². The summed E-state index contributed by atoms with van der Waals surface area (Å²) < 4.78 is 19.6. The maximum Gasteiger partial charge on any atom is 0.165 e. The number of benzene rings is 1. The molecule has 0 fully saturated rings. The second-order valence-corrected chi connectivity index (χ2v) is 6.46. The van der Waals surface area contributed by atoms with Crippen LogP contribution in [0, 0.1) is 18.7 Å². The van der Waals surface area contributed by atoms with E-state index in [2.05, 4.69) is 24.1 Å². The minimum atomic E-state index is -0.328. The minimum Gasteiger partial charge on any atom is -0.484 e. The minimum absolute atomic E-state index is 0.294. The van der Waals surface area contributed by atoms with Crippen molar-refractivity contribution < 1.29 is 9.13 Å². The summed E-state index contributed by atoms with van der Waals surface area (Å²) in [6, 6.07) is 5.02.